The van der Waals surface area contributed by atoms with E-state index in [2.05, 4.69) is 0 Å². The van der Waals surface area contributed by atoms with Gasteiger partial charge >= 0.3 is 0 Å². The summed E-state index contributed by atoms with van der Waals surface area (Å²) in [5.74, 6) is 1.14. The van der Waals surface area contributed by atoms with Gasteiger partial charge in [-0.3, -0.25) is 4.79 Å². The number of aliphatic hydroxyl groups excluding tert-OH is 1. The molecule has 0 aromatic heterocycles. The van der Waals surface area contributed by atoms with Gasteiger partial charge in [0, 0.05) is 31.8 Å². The van der Waals surface area contributed by atoms with Crippen molar-refractivity contribution >= 4 is 5.91 Å². The third-order valence-corrected chi connectivity index (χ3v) is 4.45. The van der Waals surface area contributed by atoms with Crippen LogP contribution in [0, 0.1) is 11.8 Å². The summed E-state index contributed by atoms with van der Waals surface area (Å²) in [6, 6.07) is 7.17. The molecule has 2 N–H and O–H groups in total. The number of aliphatic hydroxyl groups is 1. The lowest BCUT2D eigenvalue weighted by Crippen LogP contribution is -2.46. The third-order valence-electron chi connectivity index (χ3n) is 4.45. The van der Waals surface area contributed by atoms with Gasteiger partial charge in [-0.05, 0) is 35.8 Å². The Morgan fingerprint density at radius 1 is 1.19 bits per heavy atom. The number of aromatic hydroxyl groups is 1. The zero-order chi connectivity index (χ0) is 15.0. The van der Waals surface area contributed by atoms with Crippen molar-refractivity contribution in [3.63, 3.8) is 0 Å². The van der Waals surface area contributed by atoms with Crippen molar-refractivity contribution in [2.45, 2.75) is 12.8 Å². The fourth-order valence-corrected chi connectivity index (χ4v) is 3.34. The summed E-state index contributed by atoms with van der Waals surface area (Å²) in [6.07, 6.45) is 5.61. The summed E-state index contributed by atoms with van der Waals surface area (Å²) in [4.78, 5) is 13.6. The largest absolute Gasteiger partial charge is 0.508 e. The summed E-state index contributed by atoms with van der Waals surface area (Å²) < 4.78 is 0. The minimum Gasteiger partial charge on any atom is -0.508 e. The number of carbonyl (C=O) groups is 1. The van der Waals surface area contributed by atoms with Crippen LogP contribution in [-0.2, 0) is 4.79 Å². The van der Waals surface area contributed by atoms with Gasteiger partial charge in [-0.2, -0.15) is 0 Å². The molecule has 1 heterocycles. The van der Waals surface area contributed by atoms with Gasteiger partial charge in [0.1, 0.15) is 11.5 Å². The molecule has 110 valence electrons. The van der Waals surface area contributed by atoms with Crippen LogP contribution in [0.15, 0.2) is 48.3 Å². The highest BCUT2D eigenvalue weighted by atomic mass is 16.3. The van der Waals surface area contributed by atoms with Crippen LogP contribution in [-0.4, -0.2) is 34.1 Å². The fourth-order valence-electron chi connectivity index (χ4n) is 3.34. The molecule has 4 nitrogen and oxygen atoms in total. The van der Waals surface area contributed by atoms with Gasteiger partial charge in [-0.15, -0.1) is 0 Å². The fraction of sp³-hybridized carbons (Fsp3) is 0.353. The molecule has 1 aliphatic heterocycles. The summed E-state index contributed by atoms with van der Waals surface area (Å²) >= 11 is 0. The van der Waals surface area contributed by atoms with Crippen LogP contribution in [0.25, 0.3) is 0 Å². The molecule has 1 aliphatic carbocycles. The molecule has 3 atom stereocenters. The van der Waals surface area contributed by atoms with E-state index in [-0.39, 0.29) is 35.2 Å². The predicted molar refractivity (Wildman–Crippen MR) is 79.9 cm³/mol. The maximum atomic E-state index is 11.8. The number of piperidine rings is 1. The molecule has 0 bridgehead atoms. The maximum absolute atomic E-state index is 11.8. The van der Waals surface area contributed by atoms with Crippen molar-refractivity contribution < 1.29 is 15.0 Å². The van der Waals surface area contributed by atoms with Crippen molar-refractivity contribution in [1.82, 2.24) is 4.90 Å². The van der Waals surface area contributed by atoms with Crippen LogP contribution < -0.4 is 0 Å². The van der Waals surface area contributed by atoms with Gasteiger partial charge in [0.05, 0.1) is 0 Å². The van der Waals surface area contributed by atoms with E-state index in [0.29, 0.717) is 13.1 Å². The first kappa shape index (κ1) is 13.7. The van der Waals surface area contributed by atoms with E-state index >= 15 is 0 Å². The zero-order valence-electron chi connectivity index (χ0n) is 11.9. The van der Waals surface area contributed by atoms with Gasteiger partial charge in [-0.1, -0.05) is 18.2 Å². The van der Waals surface area contributed by atoms with Gasteiger partial charge in [0.2, 0.25) is 5.91 Å². The van der Waals surface area contributed by atoms with E-state index in [1.165, 1.54) is 0 Å². The molecule has 1 amide bonds. The molecule has 1 fully saturated rings. The number of benzene rings is 1. The molecule has 3 rings (SSSR count). The Labute approximate surface area is 124 Å². The molecule has 0 spiro atoms. The lowest BCUT2D eigenvalue weighted by Gasteiger charge is -2.43. The molecular weight excluding hydrogens is 266 g/mol. The standard InChI is InChI=1S/C17H19NO3/c1-11(19)18-9-13-8-15(21)6-7-16(13)17(10-18)12-2-4-14(20)5-3-12/h2-8,13,16-17,20-21H,9-10H2,1H3. The summed E-state index contributed by atoms with van der Waals surface area (Å²) in [6.45, 7) is 2.89. The number of hydrogen-bond acceptors (Lipinski definition) is 3. The molecule has 3 unspecified atom stereocenters. The summed E-state index contributed by atoms with van der Waals surface area (Å²) in [5.41, 5.74) is 1.10. The lowest BCUT2D eigenvalue weighted by molar-refractivity contribution is -0.131. The average molecular weight is 285 g/mol. The molecular formula is C17H19NO3. The van der Waals surface area contributed by atoms with Gasteiger partial charge in [0.25, 0.3) is 0 Å². The van der Waals surface area contributed by atoms with Crippen LogP contribution >= 0.6 is 0 Å². The zero-order valence-corrected chi connectivity index (χ0v) is 11.9. The number of rotatable bonds is 1. The van der Waals surface area contributed by atoms with Crippen LogP contribution in [0.4, 0.5) is 0 Å². The third kappa shape index (κ3) is 2.66. The molecule has 2 aliphatic rings. The average Bonchev–Trinajstić information content (AvgIpc) is 2.46. The van der Waals surface area contributed by atoms with Crippen molar-refractivity contribution in [2.75, 3.05) is 13.1 Å². The molecule has 21 heavy (non-hydrogen) atoms. The number of allylic oxidation sites excluding steroid dienone is 2. The van der Waals surface area contributed by atoms with Crippen LogP contribution in [0.5, 0.6) is 5.75 Å². The number of fused-ring (bicyclic) bond motifs is 1. The predicted octanol–water partition coefficient (Wildman–Crippen LogP) is 2.58. The highest BCUT2D eigenvalue weighted by molar-refractivity contribution is 5.73. The number of phenolic OH excluding ortho intramolecular Hbond substituents is 1. The van der Waals surface area contributed by atoms with E-state index < -0.39 is 0 Å². The number of amides is 1. The topological polar surface area (TPSA) is 60.8 Å². The summed E-state index contributed by atoms with van der Waals surface area (Å²) in [7, 11) is 0. The number of carbonyl (C=O) groups excluding carboxylic acids is 1. The molecule has 1 saturated heterocycles. The Morgan fingerprint density at radius 3 is 2.57 bits per heavy atom. The smallest absolute Gasteiger partial charge is 0.219 e. The van der Waals surface area contributed by atoms with Crippen LogP contribution in [0.2, 0.25) is 0 Å². The highest BCUT2D eigenvalue weighted by Crippen LogP contribution is 2.40. The van der Waals surface area contributed by atoms with Gasteiger partial charge in [-0.25, -0.2) is 0 Å². The van der Waals surface area contributed by atoms with Gasteiger partial charge < -0.3 is 15.1 Å². The number of nitrogens with zero attached hydrogens (tertiary/aromatic N) is 1. The monoisotopic (exact) mass is 285 g/mol. The van der Waals surface area contributed by atoms with Crippen LogP contribution in [0.1, 0.15) is 18.4 Å². The van der Waals surface area contributed by atoms with Crippen molar-refractivity contribution in [3.8, 4) is 5.75 Å². The Morgan fingerprint density at radius 2 is 1.90 bits per heavy atom. The molecule has 4 heteroatoms. The Bertz CT molecular complexity index is 603. The Balaban J connectivity index is 1.94. The first-order valence-corrected chi connectivity index (χ1v) is 7.18. The second-order valence-electron chi connectivity index (χ2n) is 5.81. The maximum Gasteiger partial charge on any atom is 0.219 e. The number of likely N-dealkylation sites (tertiary alicyclic amines) is 1. The minimum absolute atomic E-state index is 0.0553. The quantitative estimate of drug-likeness (QED) is 0.833. The van der Waals surface area contributed by atoms with E-state index in [9.17, 15) is 15.0 Å². The van der Waals surface area contributed by atoms with E-state index in [0.717, 1.165) is 5.56 Å². The normalized spacial score (nSPS) is 28.0. The van der Waals surface area contributed by atoms with Crippen LogP contribution in [0.3, 0.4) is 0 Å². The van der Waals surface area contributed by atoms with Crippen molar-refractivity contribution in [1.29, 1.82) is 0 Å². The van der Waals surface area contributed by atoms with Gasteiger partial charge in [0.15, 0.2) is 0 Å². The minimum atomic E-state index is 0.0553. The first-order valence-electron chi connectivity index (χ1n) is 7.18. The van der Waals surface area contributed by atoms with Crippen molar-refractivity contribution in [3.05, 3.63) is 53.8 Å². The molecule has 1 aromatic carbocycles. The SMILES string of the molecule is CC(=O)N1CC2C=C(O)C=CC2C(c2ccc(O)cc2)C1. The Hall–Kier alpha value is -2.23. The Kier molecular flexibility index (Phi) is 3.45. The first-order chi connectivity index (χ1) is 10.0. The van der Waals surface area contributed by atoms with Crippen molar-refractivity contribution in [2.24, 2.45) is 11.8 Å². The lowest BCUT2D eigenvalue weighted by atomic mass is 9.72. The highest BCUT2D eigenvalue weighted by Gasteiger charge is 2.37. The summed E-state index contributed by atoms with van der Waals surface area (Å²) in [5, 5.41) is 19.1. The van der Waals surface area contributed by atoms with E-state index in [4.69, 9.17) is 0 Å². The number of hydrogen-bond donors (Lipinski definition) is 2. The second kappa shape index (κ2) is 5.28. The molecule has 0 saturated carbocycles. The van der Waals surface area contributed by atoms with E-state index in [1.807, 2.05) is 29.2 Å². The molecule has 1 aromatic rings. The van der Waals surface area contributed by atoms with E-state index in [1.54, 1.807) is 25.1 Å². The number of phenols is 1. The second-order valence-corrected chi connectivity index (χ2v) is 5.81. The molecule has 0 radical (unpaired) electrons.